The minimum atomic E-state index is -0.337. The fraction of sp³-hybridized carbons (Fsp3) is 0.286. The minimum Gasteiger partial charge on any atom is -0.494 e. The molecule has 1 atom stereocenters. The van der Waals surface area contributed by atoms with Gasteiger partial charge in [0.2, 0.25) is 11.9 Å². The number of hydrogen-bond donors (Lipinski definition) is 2. The summed E-state index contributed by atoms with van der Waals surface area (Å²) in [4.78, 5) is 29.0. The fourth-order valence-electron chi connectivity index (χ4n) is 2.75. The van der Waals surface area contributed by atoms with Crippen LogP contribution in [0, 0.1) is 0 Å². The summed E-state index contributed by atoms with van der Waals surface area (Å²) in [5, 5.41) is 5.30. The topological polar surface area (TPSA) is 79.8 Å². The van der Waals surface area contributed by atoms with Crippen molar-refractivity contribution in [2.75, 3.05) is 6.61 Å². The molecule has 2 N–H and O–H groups in total. The molecule has 0 aliphatic carbocycles. The van der Waals surface area contributed by atoms with Crippen LogP contribution >= 0.6 is 15.9 Å². The SMILES string of the molecule is CCCCOc1ccc(C(=O)NC2=NC(c3ccc(Br)cc3)CC(=O)N2)cc1. The van der Waals surface area contributed by atoms with Gasteiger partial charge in [-0.25, -0.2) is 4.99 Å². The Morgan fingerprint density at radius 3 is 2.61 bits per heavy atom. The highest BCUT2D eigenvalue weighted by Gasteiger charge is 2.23. The zero-order chi connectivity index (χ0) is 19.9. The highest BCUT2D eigenvalue weighted by molar-refractivity contribution is 9.10. The maximum absolute atomic E-state index is 12.5. The van der Waals surface area contributed by atoms with Gasteiger partial charge in [0.15, 0.2) is 0 Å². The van der Waals surface area contributed by atoms with Gasteiger partial charge in [-0.15, -0.1) is 0 Å². The van der Waals surface area contributed by atoms with Gasteiger partial charge in [0, 0.05) is 10.0 Å². The van der Waals surface area contributed by atoms with E-state index >= 15 is 0 Å². The van der Waals surface area contributed by atoms with E-state index in [0.717, 1.165) is 28.6 Å². The Labute approximate surface area is 172 Å². The van der Waals surface area contributed by atoms with E-state index in [2.05, 4.69) is 38.5 Å². The number of nitrogens with one attached hydrogen (secondary N) is 2. The Balaban J connectivity index is 1.66. The smallest absolute Gasteiger partial charge is 0.257 e. The number of halogens is 1. The summed E-state index contributed by atoms with van der Waals surface area (Å²) in [5.74, 6) is 0.370. The molecule has 1 unspecified atom stereocenters. The van der Waals surface area contributed by atoms with Crippen molar-refractivity contribution < 1.29 is 14.3 Å². The van der Waals surface area contributed by atoms with Crippen LogP contribution in [-0.2, 0) is 4.79 Å². The third-order valence-corrected chi connectivity index (χ3v) is 4.82. The van der Waals surface area contributed by atoms with Crippen LogP contribution < -0.4 is 15.4 Å². The van der Waals surface area contributed by atoms with Gasteiger partial charge in [0.05, 0.1) is 19.1 Å². The molecule has 28 heavy (non-hydrogen) atoms. The van der Waals surface area contributed by atoms with Crippen LogP contribution in [0.2, 0.25) is 0 Å². The highest BCUT2D eigenvalue weighted by atomic mass is 79.9. The predicted octanol–water partition coefficient (Wildman–Crippen LogP) is 3.98. The number of guanidine groups is 1. The number of amides is 2. The molecule has 6 nitrogen and oxygen atoms in total. The number of carbonyl (C=O) groups excluding carboxylic acids is 2. The lowest BCUT2D eigenvalue weighted by Crippen LogP contribution is -2.47. The normalized spacial score (nSPS) is 16.1. The largest absolute Gasteiger partial charge is 0.494 e. The molecule has 1 aliphatic rings. The van der Waals surface area contributed by atoms with Gasteiger partial charge in [0.1, 0.15) is 5.75 Å². The number of hydrogen-bond acceptors (Lipinski definition) is 4. The van der Waals surface area contributed by atoms with Crippen LogP contribution in [0.4, 0.5) is 0 Å². The molecule has 0 radical (unpaired) electrons. The molecular weight excluding hydrogens is 422 g/mol. The average Bonchev–Trinajstić information content (AvgIpc) is 2.69. The summed E-state index contributed by atoms with van der Waals surface area (Å²) in [7, 11) is 0. The monoisotopic (exact) mass is 443 g/mol. The third kappa shape index (κ3) is 5.42. The van der Waals surface area contributed by atoms with E-state index in [-0.39, 0.29) is 30.2 Å². The molecular formula is C21H22BrN3O3. The first kappa shape index (κ1) is 20.1. The van der Waals surface area contributed by atoms with E-state index in [9.17, 15) is 9.59 Å². The van der Waals surface area contributed by atoms with Crippen LogP contribution in [0.1, 0.15) is 48.1 Å². The molecule has 0 fully saturated rings. The molecule has 1 aliphatic heterocycles. The summed E-state index contributed by atoms with van der Waals surface area (Å²) in [6.07, 6.45) is 2.29. The molecule has 0 aromatic heterocycles. The number of benzene rings is 2. The van der Waals surface area contributed by atoms with E-state index in [4.69, 9.17) is 4.74 Å². The van der Waals surface area contributed by atoms with Gasteiger partial charge in [-0.05, 0) is 48.4 Å². The lowest BCUT2D eigenvalue weighted by atomic mass is 10.0. The Hall–Kier alpha value is -2.67. The average molecular weight is 444 g/mol. The molecule has 2 amide bonds. The van der Waals surface area contributed by atoms with Crippen molar-refractivity contribution in [3.63, 3.8) is 0 Å². The van der Waals surface area contributed by atoms with Crippen LogP contribution in [0.25, 0.3) is 0 Å². The fourth-order valence-corrected chi connectivity index (χ4v) is 3.01. The van der Waals surface area contributed by atoms with Gasteiger partial charge < -0.3 is 4.74 Å². The summed E-state index contributed by atoms with van der Waals surface area (Å²) < 4.78 is 6.56. The van der Waals surface area contributed by atoms with E-state index < -0.39 is 0 Å². The minimum absolute atomic E-state index is 0.164. The predicted molar refractivity (Wildman–Crippen MR) is 111 cm³/mol. The third-order valence-electron chi connectivity index (χ3n) is 4.29. The van der Waals surface area contributed by atoms with Crippen molar-refractivity contribution >= 4 is 33.7 Å². The molecule has 2 aromatic carbocycles. The number of unbranched alkanes of at least 4 members (excludes halogenated alkanes) is 1. The number of ether oxygens (including phenoxy) is 1. The zero-order valence-electron chi connectivity index (χ0n) is 15.6. The standard InChI is InChI=1S/C21H22BrN3O3/c1-2-3-12-28-17-10-6-15(7-11-17)20(27)25-21-23-18(13-19(26)24-21)14-4-8-16(22)9-5-14/h4-11,18H,2-3,12-13H2,1H3,(H2,23,24,25,26,27). The zero-order valence-corrected chi connectivity index (χ0v) is 17.2. The molecule has 1 heterocycles. The van der Waals surface area contributed by atoms with Crippen LogP contribution in [0.5, 0.6) is 5.75 Å². The van der Waals surface area contributed by atoms with E-state index in [1.165, 1.54) is 0 Å². The summed E-state index contributed by atoms with van der Waals surface area (Å²) >= 11 is 3.39. The van der Waals surface area contributed by atoms with Crippen molar-refractivity contribution in [1.82, 2.24) is 10.6 Å². The van der Waals surface area contributed by atoms with Crippen LogP contribution in [0.3, 0.4) is 0 Å². The number of aliphatic imine (C=N–C) groups is 1. The number of rotatable bonds is 6. The molecule has 0 spiro atoms. The van der Waals surface area contributed by atoms with E-state index in [1.807, 2.05) is 24.3 Å². The molecule has 7 heteroatoms. The van der Waals surface area contributed by atoms with Gasteiger partial charge in [-0.2, -0.15) is 0 Å². The summed E-state index contributed by atoms with van der Waals surface area (Å²) in [6.45, 7) is 2.76. The van der Waals surface area contributed by atoms with Crippen molar-refractivity contribution in [1.29, 1.82) is 0 Å². The second-order valence-corrected chi connectivity index (χ2v) is 7.39. The molecule has 146 valence electrons. The van der Waals surface area contributed by atoms with E-state index in [0.29, 0.717) is 12.2 Å². The maximum atomic E-state index is 12.5. The van der Waals surface area contributed by atoms with Gasteiger partial charge in [0.25, 0.3) is 5.91 Å². The van der Waals surface area contributed by atoms with Gasteiger partial charge in [-0.3, -0.25) is 20.2 Å². The Kier molecular flexibility index (Phi) is 6.81. The first-order valence-corrected chi connectivity index (χ1v) is 10.0. The number of carbonyl (C=O) groups is 2. The summed E-state index contributed by atoms with van der Waals surface area (Å²) in [6, 6.07) is 14.2. The molecule has 0 bridgehead atoms. The Morgan fingerprint density at radius 1 is 1.21 bits per heavy atom. The molecule has 2 aromatic rings. The lowest BCUT2D eigenvalue weighted by molar-refractivity contribution is -0.120. The molecule has 0 saturated carbocycles. The quantitative estimate of drug-likeness (QED) is 0.662. The highest BCUT2D eigenvalue weighted by Crippen LogP contribution is 2.25. The van der Waals surface area contributed by atoms with Crippen molar-refractivity contribution in [2.45, 2.75) is 32.2 Å². The first-order valence-electron chi connectivity index (χ1n) is 9.22. The van der Waals surface area contributed by atoms with Crippen molar-refractivity contribution in [3.05, 3.63) is 64.1 Å². The molecule has 3 rings (SSSR count). The maximum Gasteiger partial charge on any atom is 0.257 e. The lowest BCUT2D eigenvalue weighted by Gasteiger charge is -2.21. The van der Waals surface area contributed by atoms with Crippen LogP contribution in [-0.4, -0.2) is 24.4 Å². The van der Waals surface area contributed by atoms with Gasteiger partial charge in [-0.1, -0.05) is 41.4 Å². The molecule has 0 saturated heterocycles. The van der Waals surface area contributed by atoms with Crippen LogP contribution in [0.15, 0.2) is 58.0 Å². The van der Waals surface area contributed by atoms with E-state index in [1.54, 1.807) is 24.3 Å². The Morgan fingerprint density at radius 2 is 1.93 bits per heavy atom. The number of nitrogens with zero attached hydrogens (tertiary/aromatic N) is 1. The second kappa shape index (κ2) is 9.50. The second-order valence-electron chi connectivity index (χ2n) is 6.48. The Bertz CT molecular complexity index is 863. The van der Waals surface area contributed by atoms with Crippen molar-refractivity contribution in [2.24, 2.45) is 4.99 Å². The van der Waals surface area contributed by atoms with Crippen molar-refractivity contribution in [3.8, 4) is 5.75 Å². The first-order chi connectivity index (χ1) is 13.5. The summed E-state index contributed by atoms with van der Waals surface area (Å²) in [5.41, 5.74) is 1.38. The van der Waals surface area contributed by atoms with Gasteiger partial charge >= 0.3 is 0 Å².